The van der Waals surface area contributed by atoms with Gasteiger partial charge in [0.25, 0.3) is 5.91 Å². The number of hydrogen-bond donors (Lipinski definition) is 2. The van der Waals surface area contributed by atoms with E-state index in [1.807, 2.05) is 46.8 Å². The van der Waals surface area contributed by atoms with Crippen LogP contribution < -0.4 is 20.1 Å². The third-order valence-electron chi connectivity index (χ3n) is 4.37. The van der Waals surface area contributed by atoms with Gasteiger partial charge < -0.3 is 20.1 Å². The number of rotatable bonds is 9. The van der Waals surface area contributed by atoms with Crippen molar-refractivity contribution in [3.8, 4) is 11.5 Å². The Bertz CT molecular complexity index is 905. The fourth-order valence-electron chi connectivity index (χ4n) is 3.13. The maximum atomic E-state index is 12.6. The van der Waals surface area contributed by atoms with E-state index >= 15 is 0 Å². The van der Waals surface area contributed by atoms with Crippen molar-refractivity contribution in [1.82, 2.24) is 5.32 Å². The molecule has 0 bridgehead atoms. The van der Waals surface area contributed by atoms with Crippen LogP contribution in [0, 0.1) is 20.8 Å². The van der Waals surface area contributed by atoms with Crippen LogP contribution in [0.4, 0.5) is 5.69 Å². The van der Waals surface area contributed by atoms with Gasteiger partial charge in [0.15, 0.2) is 11.5 Å². The molecular weight excluding hydrogens is 404 g/mol. The van der Waals surface area contributed by atoms with Gasteiger partial charge in [-0.3, -0.25) is 9.59 Å². The van der Waals surface area contributed by atoms with Gasteiger partial charge in [0.2, 0.25) is 5.91 Å². The average Bonchev–Trinajstić information content (AvgIpc) is 2.68. The number of halogens is 1. The van der Waals surface area contributed by atoms with Crippen LogP contribution in [0.15, 0.2) is 24.3 Å². The molecule has 0 heterocycles. The van der Waals surface area contributed by atoms with Crippen molar-refractivity contribution in [2.45, 2.75) is 41.0 Å². The number of nitrogens with one attached hydrogen (secondary N) is 2. The van der Waals surface area contributed by atoms with Crippen molar-refractivity contribution >= 4 is 29.1 Å². The Kier molecular flexibility index (Phi) is 8.54. The molecule has 2 aromatic carbocycles. The lowest BCUT2D eigenvalue weighted by Gasteiger charge is -2.15. The lowest BCUT2D eigenvalue weighted by molar-refractivity contribution is -0.115. The van der Waals surface area contributed by atoms with E-state index in [4.69, 9.17) is 21.1 Å². The van der Waals surface area contributed by atoms with Gasteiger partial charge in [-0.1, -0.05) is 36.2 Å². The highest BCUT2D eigenvalue weighted by Crippen LogP contribution is 2.36. The molecule has 162 valence electrons. The van der Waals surface area contributed by atoms with Crippen LogP contribution in [-0.2, 0) is 4.79 Å². The molecule has 6 nitrogen and oxygen atoms in total. The number of hydrogen-bond acceptors (Lipinski definition) is 4. The smallest absolute Gasteiger partial charge is 0.251 e. The molecule has 0 atom stereocenters. The predicted octanol–water partition coefficient (Wildman–Crippen LogP) is 4.82. The third-order valence-corrected chi connectivity index (χ3v) is 4.65. The Hall–Kier alpha value is -2.73. The fraction of sp³-hybridized carbons (Fsp3) is 0.391. The lowest BCUT2D eigenvalue weighted by atomic mass is 10.1. The Labute approximate surface area is 182 Å². The van der Waals surface area contributed by atoms with E-state index in [0.29, 0.717) is 30.3 Å². The predicted molar refractivity (Wildman–Crippen MR) is 120 cm³/mol. The summed E-state index contributed by atoms with van der Waals surface area (Å²) in [6.45, 7) is 10.4. The second kappa shape index (κ2) is 10.9. The highest BCUT2D eigenvalue weighted by molar-refractivity contribution is 6.32. The van der Waals surface area contributed by atoms with Crippen LogP contribution in [0.1, 0.15) is 47.3 Å². The van der Waals surface area contributed by atoms with Gasteiger partial charge in [0.1, 0.15) is 0 Å². The minimum absolute atomic E-state index is 0.165. The molecule has 0 aliphatic heterocycles. The lowest BCUT2D eigenvalue weighted by Crippen LogP contribution is -2.33. The Morgan fingerprint density at radius 2 is 1.67 bits per heavy atom. The zero-order valence-electron chi connectivity index (χ0n) is 18.1. The van der Waals surface area contributed by atoms with Crippen LogP contribution in [0.2, 0.25) is 5.02 Å². The standard InChI is InChI=1S/C23H29ClN2O4/c1-6-8-30-22-18(24)11-17(12-19(22)29-7-2)23(28)25-13-20(27)26-21-15(4)9-14(3)10-16(21)5/h9-12H,6-8,13H2,1-5H3,(H,25,28)(H,26,27). The molecule has 0 saturated heterocycles. The van der Waals surface area contributed by atoms with Gasteiger partial charge in [0, 0.05) is 11.3 Å². The summed E-state index contributed by atoms with van der Waals surface area (Å²) in [4.78, 5) is 24.9. The molecule has 0 radical (unpaired) electrons. The van der Waals surface area contributed by atoms with Gasteiger partial charge in [0.05, 0.1) is 24.8 Å². The van der Waals surface area contributed by atoms with Crippen molar-refractivity contribution in [1.29, 1.82) is 0 Å². The van der Waals surface area contributed by atoms with Gasteiger partial charge in [-0.25, -0.2) is 0 Å². The summed E-state index contributed by atoms with van der Waals surface area (Å²) in [5, 5.41) is 5.77. The van der Waals surface area contributed by atoms with Crippen LogP contribution in [0.3, 0.4) is 0 Å². The average molecular weight is 433 g/mol. The van der Waals surface area contributed by atoms with Crippen LogP contribution in [0.25, 0.3) is 0 Å². The van der Waals surface area contributed by atoms with E-state index in [1.54, 1.807) is 6.07 Å². The summed E-state index contributed by atoms with van der Waals surface area (Å²) < 4.78 is 11.2. The van der Waals surface area contributed by atoms with Crippen molar-refractivity contribution in [2.75, 3.05) is 25.1 Å². The quantitative estimate of drug-likeness (QED) is 0.595. The molecule has 0 saturated carbocycles. The monoisotopic (exact) mass is 432 g/mol. The second-order valence-electron chi connectivity index (χ2n) is 7.07. The van der Waals surface area contributed by atoms with E-state index in [-0.39, 0.29) is 17.5 Å². The maximum Gasteiger partial charge on any atom is 0.251 e. The highest BCUT2D eigenvalue weighted by atomic mass is 35.5. The summed E-state index contributed by atoms with van der Waals surface area (Å²) in [6, 6.07) is 7.08. The maximum absolute atomic E-state index is 12.6. The summed E-state index contributed by atoms with van der Waals surface area (Å²) in [7, 11) is 0. The second-order valence-corrected chi connectivity index (χ2v) is 7.48. The molecule has 30 heavy (non-hydrogen) atoms. The minimum atomic E-state index is -0.424. The zero-order chi connectivity index (χ0) is 22.3. The normalized spacial score (nSPS) is 10.5. The number of carbonyl (C=O) groups is 2. The van der Waals surface area contributed by atoms with E-state index in [0.717, 1.165) is 28.8 Å². The molecule has 0 fully saturated rings. The fourth-order valence-corrected chi connectivity index (χ4v) is 3.39. The summed E-state index contributed by atoms with van der Waals surface area (Å²) in [6.07, 6.45) is 0.819. The van der Waals surface area contributed by atoms with Crippen molar-refractivity contribution in [3.63, 3.8) is 0 Å². The molecule has 2 aromatic rings. The molecule has 2 amide bonds. The Balaban J connectivity index is 2.08. The molecule has 7 heteroatoms. The Morgan fingerprint density at radius 3 is 2.27 bits per heavy atom. The topological polar surface area (TPSA) is 76.7 Å². The SMILES string of the molecule is CCCOc1c(Cl)cc(C(=O)NCC(=O)Nc2c(C)cc(C)cc2C)cc1OCC. The summed E-state index contributed by atoms with van der Waals surface area (Å²) in [5.41, 5.74) is 4.14. The molecular formula is C23H29ClN2O4. The molecule has 2 N–H and O–H groups in total. The molecule has 2 rings (SSSR count). The number of carbonyl (C=O) groups excluding carboxylic acids is 2. The molecule has 0 aliphatic carbocycles. The summed E-state index contributed by atoms with van der Waals surface area (Å²) in [5.74, 6) is 0.0868. The molecule has 0 aliphatic rings. The first kappa shape index (κ1) is 23.5. The van der Waals surface area contributed by atoms with Gasteiger partial charge >= 0.3 is 0 Å². The van der Waals surface area contributed by atoms with Crippen LogP contribution in [-0.4, -0.2) is 31.6 Å². The molecule has 0 spiro atoms. The molecule has 0 unspecified atom stereocenters. The number of ether oxygens (including phenoxy) is 2. The number of aryl methyl sites for hydroxylation is 3. The minimum Gasteiger partial charge on any atom is -0.490 e. The van der Waals surface area contributed by atoms with Crippen LogP contribution >= 0.6 is 11.6 Å². The first-order chi connectivity index (χ1) is 14.3. The number of anilines is 1. The van der Waals surface area contributed by atoms with Gasteiger partial charge in [-0.05, 0) is 57.4 Å². The number of amides is 2. The van der Waals surface area contributed by atoms with Gasteiger partial charge in [-0.2, -0.15) is 0 Å². The van der Waals surface area contributed by atoms with Gasteiger partial charge in [-0.15, -0.1) is 0 Å². The van der Waals surface area contributed by atoms with E-state index in [9.17, 15) is 9.59 Å². The third kappa shape index (κ3) is 6.13. The first-order valence-electron chi connectivity index (χ1n) is 10.0. The summed E-state index contributed by atoms with van der Waals surface area (Å²) >= 11 is 6.30. The van der Waals surface area contributed by atoms with Crippen molar-refractivity contribution in [2.24, 2.45) is 0 Å². The van der Waals surface area contributed by atoms with E-state index in [1.165, 1.54) is 6.07 Å². The number of benzene rings is 2. The first-order valence-corrected chi connectivity index (χ1v) is 10.4. The molecule has 0 aromatic heterocycles. The highest BCUT2D eigenvalue weighted by Gasteiger charge is 2.17. The zero-order valence-corrected chi connectivity index (χ0v) is 18.9. The van der Waals surface area contributed by atoms with Crippen LogP contribution in [0.5, 0.6) is 11.5 Å². The van der Waals surface area contributed by atoms with Crippen molar-refractivity contribution in [3.05, 3.63) is 51.5 Å². The van der Waals surface area contributed by atoms with Crippen molar-refractivity contribution < 1.29 is 19.1 Å². The van der Waals surface area contributed by atoms with E-state index in [2.05, 4.69) is 10.6 Å². The van der Waals surface area contributed by atoms with E-state index < -0.39 is 5.91 Å². The largest absolute Gasteiger partial charge is 0.490 e. The Morgan fingerprint density at radius 1 is 1.00 bits per heavy atom.